The van der Waals surface area contributed by atoms with Crippen LogP contribution in [0.15, 0.2) is 42.6 Å². The molecule has 2 saturated heterocycles. The van der Waals surface area contributed by atoms with E-state index in [9.17, 15) is 9.59 Å². The Hall–Kier alpha value is -2.89. The van der Waals surface area contributed by atoms with Crippen LogP contribution >= 0.6 is 0 Å². The van der Waals surface area contributed by atoms with Crippen molar-refractivity contribution in [3.63, 3.8) is 0 Å². The SMILES string of the molecule is Cc1nccc(-c2ccccc2)c1C(=O)N1CC[C@@]2(CN(C)C(=O)O2)C1. The van der Waals surface area contributed by atoms with Gasteiger partial charge in [-0.15, -0.1) is 0 Å². The average molecular weight is 351 g/mol. The fourth-order valence-corrected chi connectivity index (χ4v) is 3.88. The Morgan fingerprint density at radius 1 is 1.19 bits per heavy atom. The fourth-order valence-electron chi connectivity index (χ4n) is 3.88. The molecule has 1 atom stereocenters. The van der Waals surface area contributed by atoms with Crippen LogP contribution in [-0.2, 0) is 4.74 Å². The van der Waals surface area contributed by atoms with Crippen LogP contribution in [0.5, 0.6) is 0 Å². The van der Waals surface area contributed by atoms with Crippen molar-refractivity contribution in [3.05, 3.63) is 53.9 Å². The minimum atomic E-state index is -0.579. The number of hydrogen-bond acceptors (Lipinski definition) is 4. The quantitative estimate of drug-likeness (QED) is 0.835. The molecule has 2 aromatic rings. The highest BCUT2D eigenvalue weighted by Gasteiger charge is 2.49. The van der Waals surface area contributed by atoms with E-state index >= 15 is 0 Å². The molecule has 1 aromatic carbocycles. The van der Waals surface area contributed by atoms with Crippen LogP contribution in [0.2, 0.25) is 0 Å². The number of pyridine rings is 1. The summed E-state index contributed by atoms with van der Waals surface area (Å²) in [5, 5.41) is 0. The van der Waals surface area contributed by atoms with E-state index in [1.165, 1.54) is 0 Å². The molecule has 6 heteroatoms. The van der Waals surface area contributed by atoms with Crippen LogP contribution in [0.4, 0.5) is 4.79 Å². The van der Waals surface area contributed by atoms with Crippen LogP contribution in [0.25, 0.3) is 11.1 Å². The minimum absolute atomic E-state index is 0.0584. The predicted octanol–water partition coefficient (Wildman–Crippen LogP) is 2.72. The summed E-state index contributed by atoms with van der Waals surface area (Å²) in [6.45, 7) is 3.37. The lowest BCUT2D eigenvalue weighted by Gasteiger charge is -2.23. The molecule has 0 N–H and O–H groups in total. The van der Waals surface area contributed by atoms with E-state index in [4.69, 9.17) is 4.74 Å². The Labute approximate surface area is 152 Å². The number of ether oxygens (including phenoxy) is 1. The summed E-state index contributed by atoms with van der Waals surface area (Å²) in [4.78, 5) is 32.7. The molecule has 2 amide bonds. The first kappa shape index (κ1) is 16.6. The standard InChI is InChI=1S/C20H21N3O3/c1-14-17(16(8-10-21-14)15-6-4-3-5-7-15)18(24)23-11-9-20(13-23)12-22(2)19(25)26-20/h3-8,10H,9,11-13H2,1-2H3/t20-/m1/s1. The van der Waals surface area contributed by atoms with Crippen molar-refractivity contribution in [2.24, 2.45) is 0 Å². The Balaban J connectivity index is 1.65. The van der Waals surface area contributed by atoms with Crippen molar-refractivity contribution in [1.29, 1.82) is 0 Å². The van der Waals surface area contributed by atoms with E-state index in [1.807, 2.05) is 43.3 Å². The van der Waals surface area contributed by atoms with Crippen LogP contribution in [-0.4, -0.2) is 59.1 Å². The highest BCUT2D eigenvalue weighted by molar-refractivity contribution is 6.02. The second kappa shape index (κ2) is 6.12. The summed E-state index contributed by atoms with van der Waals surface area (Å²) in [5.74, 6) is -0.0584. The summed E-state index contributed by atoms with van der Waals surface area (Å²) < 4.78 is 5.56. The largest absolute Gasteiger partial charge is 0.439 e. The molecule has 1 aromatic heterocycles. The molecule has 26 heavy (non-hydrogen) atoms. The van der Waals surface area contributed by atoms with Gasteiger partial charge in [-0.25, -0.2) is 4.79 Å². The van der Waals surface area contributed by atoms with Gasteiger partial charge in [0.15, 0.2) is 5.60 Å². The highest BCUT2D eigenvalue weighted by atomic mass is 16.6. The van der Waals surface area contributed by atoms with Crippen molar-refractivity contribution in [3.8, 4) is 11.1 Å². The number of hydrogen-bond donors (Lipinski definition) is 0. The molecule has 0 unspecified atom stereocenters. The Morgan fingerprint density at radius 2 is 1.96 bits per heavy atom. The van der Waals surface area contributed by atoms with Gasteiger partial charge in [0.2, 0.25) is 0 Å². The van der Waals surface area contributed by atoms with E-state index in [-0.39, 0.29) is 12.0 Å². The summed E-state index contributed by atoms with van der Waals surface area (Å²) >= 11 is 0. The third kappa shape index (κ3) is 2.71. The zero-order valence-corrected chi connectivity index (χ0v) is 14.9. The number of benzene rings is 1. The van der Waals surface area contributed by atoms with Crippen molar-refractivity contribution in [2.75, 3.05) is 26.7 Å². The maximum atomic E-state index is 13.3. The number of aromatic nitrogens is 1. The first-order valence-corrected chi connectivity index (χ1v) is 8.73. The number of amides is 2. The summed E-state index contributed by atoms with van der Waals surface area (Å²) in [5.41, 5.74) is 2.61. The van der Waals surface area contributed by atoms with Gasteiger partial charge in [-0.2, -0.15) is 0 Å². The zero-order chi connectivity index (χ0) is 18.3. The Kier molecular flexibility index (Phi) is 3.90. The Bertz CT molecular complexity index is 868. The van der Waals surface area contributed by atoms with Crippen molar-refractivity contribution in [1.82, 2.24) is 14.8 Å². The average Bonchev–Trinajstić information content (AvgIpc) is 3.17. The molecule has 134 valence electrons. The maximum absolute atomic E-state index is 13.3. The Morgan fingerprint density at radius 3 is 2.65 bits per heavy atom. The molecular weight excluding hydrogens is 330 g/mol. The molecule has 4 rings (SSSR count). The van der Waals surface area contributed by atoms with E-state index in [2.05, 4.69) is 4.98 Å². The maximum Gasteiger partial charge on any atom is 0.410 e. The highest BCUT2D eigenvalue weighted by Crippen LogP contribution is 2.34. The molecule has 6 nitrogen and oxygen atoms in total. The molecule has 1 spiro atoms. The van der Waals surface area contributed by atoms with Gasteiger partial charge in [0.25, 0.3) is 5.91 Å². The molecule has 0 radical (unpaired) electrons. The van der Waals surface area contributed by atoms with Crippen LogP contribution in [0, 0.1) is 6.92 Å². The fraction of sp³-hybridized carbons (Fsp3) is 0.350. The number of nitrogens with zero attached hydrogens (tertiary/aromatic N) is 3. The zero-order valence-electron chi connectivity index (χ0n) is 14.9. The molecule has 3 heterocycles. The van der Waals surface area contributed by atoms with Gasteiger partial charge < -0.3 is 14.5 Å². The molecule has 0 aliphatic carbocycles. The third-order valence-electron chi connectivity index (χ3n) is 5.18. The third-order valence-corrected chi connectivity index (χ3v) is 5.18. The van der Waals surface area contributed by atoms with Crippen LogP contribution < -0.4 is 0 Å². The lowest BCUT2D eigenvalue weighted by molar-refractivity contribution is 0.0552. The van der Waals surface area contributed by atoms with Gasteiger partial charge >= 0.3 is 6.09 Å². The van der Waals surface area contributed by atoms with E-state index in [0.29, 0.717) is 37.3 Å². The normalized spacial score (nSPS) is 22.2. The number of rotatable bonds is 2. The monoisotopic (exact) mass is 351 g/mol. The first-order chi connectivity index (χ1) is 12.5. The molecule has 0 bridgehead atoms. The van der Waals surface area contributed by atoms with Gasteiger partial charge in [-0.05, 0) is 24.1 Å². The molecule has 2 aliphatic rings. The van der Waals surface area contributed by atoms with Crippen LogP contribution in [0.1, 0.15) is 22.5 Å². The summed E-state index contributed by atoms with van der Waals surface area (Å²) in [6.07, 6.45) is 2.07. The smallest absolute Gasteiger partial charge is 0.410 e. The lowest BCUT2D eigenvalue weighted by atomic mass is 9.98. The second-order valence-electron chi connectivity index (χ2n) is 7.07. The molecule has 0 saturated carbocycles. The van der Waals surface area contributed by atoms with Gasteiger partial charge in [0.05, 0.1) is 24.3 Å². The number of likely N-dealkylation sites (tertiary alicyclic amines) is 1. The number of likely N-dealkylation sites (N-methyl/N-ethyl adjacent to an activating group) is 1. The summed E-state index contributed by atoms with van der Waals surface area (Å²) in [7, 11) is 1.72. The second-order valence-corrected chi connectivity index (χ2v) is 7.07. The van der Waals surface area contributed by atoms with Crippen molar-refractivity contribution < 1.29 is 14.3 Å². The molecule has 2 aliphatic heterocycles. The van der Waals surface area contributed by atoms with Crippen molar-refractivity contribution in [2.45, 2.75) is 18.9 Å². The van der Waals surface area contributed by atoms with Gasteiger partial charge in [0.1, 0.15) is 0 Å². The predicted molar refractivity (Wildman–Crippen MR) is 96.8 cm³/mol. The molecular formula is C20H21N3O3. The van der Waals surface area contributed by atoms with Crippen LogP contribution in [0.3, 0.4) is 0 Å². The molecule has 2 fully saturated rings. The van der Waals surface area contributed by atoms with Gasteiger partial charge in [-0.3, -0.25) is 9.78 Å². The van der Waals surface area contributed by atoms with E-state index < -0.39 is 5.60 Å². The number of carbonyl (C=O) groups is 2. The van der Waals surface area contributed by atoms with Gasteiger partial charge in [-0.1, -0.05) is 30.3 Å². The minimum Gasteiger partial charge on any atom is -0.439 e. The van der Waals surface area contributed by atoms with E-state index in [1.54, 1.807) is 23.0 Å². The van der Waals surface area contributed by atoms with Gasteiger partial charge in [0, 0.05) is 26.2 Å². The first-order valence-electron chi connectivity index (χ1n) is 8.73. The topological polar surface area (TPSA) is 62.7 Å². The lowest BCUT2D eigenvalue weighted by Crippen LogP contribution is -2.39. The number of aryl methyl sites for hydroxylation is 1. The van der Waals surface area contributed by atoms with Crippen molar-refractivity contribution >= 4 is 12.0 Å². The summed E-state index contributed by atoms with van der Waals surface area (Å²) in [6, 6.07) is 11.7. The number of carbonyl (C=O) groups excluding carboxylic acids is 2. The van der Waals surface area contributed by atoms with E-state index in [0.717, 1.165) is 11.1 Å².